The number of hydrogen-bond acceptors (Lipinski definition) is 7. The van der Waals surface area contributed by atoms with Gasteiger partial charge in [0.2, 0.25) is 0 Å². The number of hydrogen-bond donors (Lipinski definition) is 2. The third-order valence-electron chi connectivity index (χ3n) is 4.44. The lowest BCUT2D eigenvalue weighted by molar-refractivity contribution is 0.0820. The van der Waals surface area contributed by atoms with Crippen LogP contribution in [0.3, 0.4) is 0 Å². The van der Waals surface area contributed by atoms with Crippen molar-refractivity contribution >= 4 is 17.0 Å². The number of benzene rings is 1. The normalized spacial score (nSPS) is 14.8. The number of imidazole rings is 1. The molecule has 1 aliphatic rings. The lowest BCUT2D eigenvalue weighted by atomic mass is 10.1. The Hall–Kier alpha value is -2.71. The van der Waals surface area contributed by atoms with E-state index in [0.717, 1.165) is 24.7 Å². The van der Waals surface area contributed by atoms with Gasteiger partial charge in [-0.3, -0.25) is 0 Å². The van der Waals surface area contributed by atoms with Crippen molar-refractivity contribution in [3.05, 3.63) is 42.0 Å². The number of anilines is 1. The lowest BCUT2D eigenvalue weighted by Gasteiger charge is -2.16. The van der Waals surface area contributed by atoms with E-state index in [2.05, 4.69) is 25.9 Å². The van der Waals surface area contributed by atoms with Crippen LogP contribution in [0.4, 0.5) is 5.82 Å². The number of aliphatic hydroxyl groups excluding tert-OH is 2. The number of ether oxygens (including phenoxy) is 1. The fourth-order valence-electron chi connectivity index (χ4n) is 3.17. The topological polar surface area (TPSA) is 96.5 Å². The Kier molecular flexibility index (Phi) is 3.98. The Morgan fingerprint density at radius 1 is 1.20 bits per heavy atom. The molecule has 0 aliphatic carbocycles. The average Bonchev–Trinajstić information content (AvgIpc) is 3.24. The Balaban J connectivity index is 1.66. The van der Waals surface area contributed by atoms with Crippen molar-refractivity contribution < 1.29 is 14.9 Å². The van der Waals surface area contributed by atoms with E-state index >= 15 is 0 Å². The molecule has 8 heteroatoms. The molecular weight excluding hydrogens is 322 g/mol. The number of rotatable bonds is 5. The van der Waals surface area contributed by atoms with Crippen molar-refractivity contribution in [3.63, 3.8) is 0 Å². The first-order valence-corrected chi connectivity index (χ1v) is 8.05. The van der Waals surface area contributed by atoms with Gasteiger partial charge in [0.25, 0.3) is 0 Å². The number of fused-ring (bicyclic) bond motifs is 2. The summed E-state index contributed by atoms with van der Waals surface area (Å²) < 4.78 is 7.03. The van der Waals surface area contributed by atoms with Crippen molar-refractivity contribution in [1.29, 1.82) is 0 Å². The van der Waals surface area contributed by atoms with Crippen LogP contribution in [-0.2, 0) is 19.6 Å². The zero-order chi connectivity index (χ0) is 17.4. The van der Waals surface area contributed by atoms with E-state index in [9.17, 15) is 5.11 Å². The van der Waals surface area contributed by atoms with Crippen LogP contribution >= 0.6 is 0 Å². The highest BCUT2D eigenvalue weighted by Crippen LogP contribution is 2.32. The second kappa shape index (κ2) is 6.30. The minimum atomic E-state index is -0.848. The van der Waals surface area contributed by atoms with E-state index < -0.39 is 6.10 Å². The first-order valence-electron chi connectivity index (χ1n) is 8.05. The Morgan fingerprint density at radius 2 is 2.04 bits per heavy atom. The molecule has 0 unspecified atom stereocenters. The predicted molar refractivity (Wildman–Crippen MR) is 91.3 cm³/mol. The molecule has 0 radical (unpaired) electrons. The molecule has 0 fully saturated rings. The number of aliphatic hydroxyl groups is 2. The highest BCUT2D eigenvalue weighted by atomic mass is 16.5. The second-order valence-corrected chi connectivity index (χ2v) is 6.09. The van der Waals surface area contributed by atoms with Crippen molar-refractivity contribution in [3.8, 4) is 5.75 Å². The summed E-state index contributed by atoms with van der Waals surface area (Å²) in [4.78, 5) is 15.3. The van der Waals surface area contributed by atoms with Gasteiger partial charge in [-0.1, -0.05) is 6.07 Å². The van der Waals surface area contributed by atoms with E-state index in [-0.39, 0.29) is 13.2 Å². The molecule has 2 aromatic heterocycles. The van der Waals surface area contributed by atoms with Gasteiger partial charge in [0.05, 0.1) is 32.7 Å². The van der Waals surface area contributed by atoms with E-state index in [1.165, 1.54) is 17.5 Å². The Morgan fingerprint density at radius 3 is 2.84 bits per heavy atom. The van der Waals surface area contributed by atoms with Gasteiger partial charge in [-0.2, -0.15) is 0 Å². The van der Waals surface area contributed by atoms with Gasteiger partial charge >= 0.3 is 0 Å². The van der Waals surface area contributed by atoms with E-state index in [4.69, 9.17) is 9.84 Å². The average molecular weight is 341 g/mol. The van der Waals surface area contributed by atoms with Crippen molar-refractivity contribution in [2.24, 2.45) is 0 Å². The molecule has 0 saturated heterocycles. The van der Waals surface area contributed by atoms with Gasteiger partial charge in [0, 0.05) is 13.1 Å². The van der Waals surface area contributed by atoms with Gasteiger partial charge in [-0.25, -0.2) is 15.0 Å². The number of methoxy groups -OCH3 is 1. The van der Waals surface area contributed by atoms with Crippen molar-refractivity contribution in [2.45, 2.75) is 25.7 Å². The molecule has 8 nitrogen and oxygen atoms in total. The monoisotopic (exact) mass is 341 g/mol. The quantitative estimate of drug-likeness (QED) is 0.705. The molecule has 0 saturated carbocycles. The minimum absolute atomic E-state index is 0.237. The molecule has 1 aliphatic heterocycles. The first kappa shape index (κ1) is 15.8. The number of aromatic nitrogens is 4. The molecule has 0 spiro atoms. The van der Waals surface area contributed by atoms with Crippen LogP contribution < -0.4 is 9.64 Å². The molecule has 0 bridgehead atoms. The number of nitrogens with zero attached hydrogens (tertiary/aromatic N) is 5. The first-order chi connectivity index (χ1) is 12.2. The molecule has 2 N–H and O–H groups in total. The van der Waals surface area contributed by atoms with Gasteiger partial charge in [-0.15, -0.1) is 0 Å². The fraction of sp³-hybridized carbons (Fsp3) is 0.353. The summed E-state index contributed by atoms with van der Waals surface area (Å²) in [6.07, 6.45) is 2.28. The standard InChI is InChI=1S/C17H19N5O3/c1-25-14-3-2-11-5-21(6-12(11)4-14)16-15-17(19-9-18-16)22(10-20-15)7-13(24)8-23/h2-4,9-10,13,23-24H,5-8H2,1H3/t13-/m0/s1. The summed E-state index contributed by atoms with van der Waals surface area (Å²) in [5, 5.41) is 18.7. The largest absolute Gasteiger partial charge is 0.497 e. The smallest absolute Gasteiger partial charge is 0.165 e. The molecule has 0 amide bonds. The van der Waals surface area contributed by atoms with Gasteiger partial charge in [-0.05, 0) is 23.3 Å². The molecule has 3 aromatic rings. The second-order valence-electron chi connectivity index (χ2n) is 6.09. The molecular formula is C17H19N5O3. The SMILES string of the molecule is COc1ccc2c(c1)CN(c1ncnc3c1ncn3C[C@H](O)CO)C2. The van der Waals surface area contributed by atoms with Gasteiger partial charge < -0.3 is 24.4 Å². The predicted octanol–water partition coefficient (Wildman–Crippen LogP) is 0.708. The molecule has 1 aromatic carbocycles. The van der Waals surface area contributed by atoms with Crippen molar-refractivity contribution in [2.75, 3.05) is 18.6 Å². The summed E-state index contributed by atoms with van der Waals surface area (Å²) >= 11 is 0. The molecule has 130 valence electrons. The molecule has 4 rings (SSSR count). The summed E-state index contributed by atoms with van der Waals surface area (Å²) in [5.74, 6) is 1.60. The van der Waals surface area contributed by atoms with E-state index in [1.807, 2.05) is 12.1 Å². The van der Waals surface area contributed by atoms with Crippen LogP contribution in [0.25, 0.3) is 11.2 Å². The molecule has 1 atom stereocenters. The summed E-state index contributed by atoms with van der Waals surface area (Å²) in [7, 11) is 1.66. The van der Waals surface area contributed by atoms with Gasteiger partial charge in [0.1, 0.15) is 12.1 Å². The van der Waals surface area contributed by atoms with E-state index in [1.54, 1.807) is 18.0 Å². The van der Waals surface area contributed by atoms with Crippen LogP contribution in [0, 0.1) is 0 Å². The fourth-order valence-corrected chi connectivity index (χ4v) is 3.17. The molecule has 3 heterocycles. The third kappa shape index (κ3) is 2.79. The third-order valence-corrected chi connectivity index (χ3v) is 4.44. The maximum Gasteiger partial charge on any atom is 0.165 e. The van der Waals surface area contributed by atoms with Crippen LogP contribution in [0.1, 0.15) is 11.1 Å². The Labute approximate surface area is 144 Å². The van der Waals surface area contributed by atoms with Crippen LogP contribution in [0.15, 0.2) is 30.9 Å². The zero-order valence-corrected chi connectivity index (χ0v) is 13.8. The minimum Gasteiger partial charge on any atom is -0.497 e. The van der Waals surface area contributed by atoms with Crippen molar-refractivity contribution in [1.82, 2.24) is 19.5 Å². The summed E-state index contributed by atoms with van der Waals surface area (Å²) in [6.45, 7) is 1.41. The Bertz CT molecular complexity index is 910. The summed E-state index contributed by atoms with van der Waals surface area (Å²) in [6, 6.07) is 6.08. The highest BCUT2D eigenvalue weighted by molar-refractivity contribution is 5.83. The lowest BCUT2D eigenvalue weighted by Crippen LogP contribution is -2.20. The van der Waals surface area contributed by atoms with Crippen LogP contribution in [0.5, 0.6) is 5.75 Å². The maximum absolute atomic E-state index is 9.67. The van der Waals surface area contributed by atoms with Crippen LogP contribution in [-0.4, -0.2) is 49.6 Å². The van der Waals surface area contributed by atoms with Gasteiger partial charge in [0.15, 0.2) is 17.0 Å². The van der Waals surface area contributed by atoms with Crippen LogP contribution in [0.2, 0.25) is 0 Å². The zero-order valence-electron chi connectivity index (χ0n) is 13.8. The summed E-state index contributed by atoms with van der Waals surface area (Å²) in [5.41, 5.74) is 3.78. The highest BCUT2D eigenvalue weighted by Gasteiger charge is 2.24. The molecule has 25 heavy (non-hydrogen) atoms. The van der Waals surface area contributed by atoms with E-state index in [0.29, 0.717) is 11.2 Å². The maximum atomic E-state index is 9.67.